The van der Waals surface area contributed by atoms with Gasteiger partial charge in [0.05, 0.1) is 13.7 Å². The van der Waals surface area contributed by atoms with E-state index in [1.54, 1.807) is 55.6 Å². The third-order valence-corrected chi connectivity index (χ3v) is 5.30. The van der Waals surface area contributed by atoms with Crippen LogP contribution in [0.15, 0.2) is 75.0 Å². The molecule has 0 spiro atoms. The van der Waals surface area contributed by atoms with Crippen molar-refractivity contribution in [1.82, 2.24) is 19.1 Å². The smallest absolute Gasteiger partial charge is 0.333 e. The molecular formula is C22H18BrN5O4. The molecule has 0 bridgehead atoms. The van der Waals surface area contributed by atoms with Crippen molar-refractivity contribution in [2.45, 2.75) is 13.1 Å². The van der Waals surface area contributed by atoms with E-state index in [-0.39, 0.29) is 24.3 Å². The lowest BCUT2D eigenvalue weighted by Gasteiger charge is -2.13. The van der Waals surface area contributed by atoms with Gasteiger partial charge in [-0.15, -0.1) is 0 Å². The van der Waals surface area contributed by atoms with Gasteiger partial charge >= 0.3 is 5.69 Å². The van der Waals surface area contributed by atoms with Crippen molar-refractivity contribution >= 4 is 38.7 Å². The van der Waals surface area contributed by atoms with Crippen LogP contribution in [0.3, 0.4) is 0 Å². The Morgan fingerprint density at radius 1 is 1.00 bits per heavy atom. The van der Waals surface area contributed by atoms with Crippen LogP contribution in [0.5, 0.6) is 5.75 Å². The number of hydrogen-bond acceptors (Lipinski definition) is 6. The first-order valence-corrected chi connectivity index (χ1v) is 10.4. The fraction of sp³-hybridized carbons (Fsp3) is 0.136. The summed E-state index contributed by atoms with van der Waals surface area (Å²) in [6, 6.07) is 14.0. The Hall–Kier alpha value is -3.79. The van der Waals surface area contributed by atoms with Crippen molar-refractivity contribution in [2.75, 3.05) is 12.4 Å². The maximum Gasteiger partial charge on any atom is 0.333 e. The lowest BCUT2D eigenvalue weighted by molar-refractivity contribution is -0.116. The van der Waals surface area contributed by atoms with Gasteiger partial charge < -0.3 is 10.1 Å². The third-order valence-electron chi connectivity index (χ3n) is 4.77. The number of benzene rings is 2. The van der Waals surface area contributed by atoms with Crippen molar-refractivity contribution in [1.29, 1.82) is 0 Å². The van der Waals surface area contributed by atoms with E-state index in [0.29, 0.717) is 11.4 Å². The van der Waals surface area contributed by atoms with Crippen LogP contribution in [-0.4, -0.2) is 32.1 Å². The lowest BCUT2D eigenvalue weighted by atomic mass is 10.2. The van der Waals surface area contributed by atoms with Gasteiger partial charge in [0.25, 0.3) is 5.56 Å². The summed E-state index contributed by atoms with van der Waals surface area (Å²) >= 11 is 3.34. The van der Waals surface area contributed by atoms with E-state index in [2.05, 4.69) is 31.2 Å². The Bertz CT molecular complexity index is 1400. The van der Waals surface area contributed by atoms with Crippen molar-refractivity contribution in [3.05, 3.63) is 91.8 Å². The molecule has 0 atom stereocenters. The molecule has 0 saturated carbocycles. The first-order valence-electron chi connectivity index (χ1n) is 9.59. The van der Waals surface area contributed by atoms with Crippen LogP contribution in [0.25, 0.3) is 11.2 Å². The Morgan fingerprint density at radius 2 is 1.69 bits per heavy atom. The van der Waals surface area contributed by atoms with Crippen molar-refractivity contribution < 1.29 is 9.53 Å². The molecule has 1 N–H and O–H groups in total. The van der Waals surface area contributed by atoms with E-state index >= 15 is 0 Å². The van der Waals surface area contributed by atoms with Gasteiger partial charge in [0, 0.05) is 22.6 Å². The quantitative estimate of drug-likeness (QED) is 0.440. The normalized spacial score (nSPS) is 10.8. The fourth-order valence-electron chi connectivity index (χ4n) is 3.20. The molecule has 2 heterocycles. The summed E-state index contributed by atoms with van der Waals surface area (Å²) in [6.45, 7) is -0.310. The fourth-order valence-corrected chi connectivity index (χ4v) is 3.47. The van der Waals surface area contributed by atoms with E-state index in [4.69, 9.17) is 4.74 Å². The van der Waals surface area contributed by atoms with Crippen molar-refractivity contribution in [3.8, 4) is 5.75 Å². The summed E-state index contributed by atoms with van der Waals surface area (Å²) < 4.78 is 8.22. The second kappa shape index (κ2) is 9.15. The van der Waals surface area contributed by atoms with E-state index in [1.165, 1.54) is 12.4 Å². The third kappa shape index (κ3) is 4.45. The van der Waals surface area contributed by atoms with Gasteiger partial charge in [-0.3, -0.25) is 18.7 Å². The highest BCUT2D eigenvalue weighted by molar-refractivity contribution is 9.10. The Morgan fingerprint density at radius 3 is 2.38 bits per heavy atom. The molecule has 4 rings (SSSR count). The van der Waals surface area contributed by atoms with E-state index in [0.717, 1.165) is 19.2 Å². The number of carbonyl (C=O) groups excluding carboxylic acids is 1. The number of hydrogen-bond donors (Lipinski definition) is 1. The number of ether oxygens (including phenoxy) is 1. The average Bonchev–Trinajstić information content (AvgIpc) is 2.81. The monoisotopic (exact) mass is 495 g/mol. The van der Waals surface area contributed by atoms with Crippen LogP contribution >= 0.6 is 15.9 Å². The van der Waals surface area contributed by atoms with Gasteiger partial charge in [0.15, 0.2) is 11.2 Å². The maximum atomic E-state index is 13.2. The number of aromatic nitrogens is 4. The lowest BCUT2D eigenvalue weighted by Crippen LogP contribution is -2.42. The molecule has 0 unspecified atom stereocenters. The minimum absolute atomic E-state index is 0.0112. The highest BCUT2D eigenvalue weighted by Gasteiger charge is 2.17. The summed E-state index contributed by atoms with van der Waals surface area (Å²) in [5.41, 5.74) is 0.145. The second-order valence-electron chi connectivity index (χ2n) is 6.89. The molecule has 9 nitrogen and oxygen atoms in total. The van der Waals surface area contributed by atoms with Gasteiger partial charge in [-0.25, -0.2) is 14.8 Å². The zero-order valence-electron chi connectivity index (χ0n) is 17.0. The Kier molecular flexibility index (Phi) is 6.13. The number of methoxy groups -OCH3 is 1. The molecule has 0 aliphatic carbocycles. The molecule has 32 heavy (non-hydrogen) atoms. The van der Waals surface area contributed by atoms with Gasteiger partial charge in [0.2, 0.25) is 5.91 Å². The minimum atomic E-state index is -0.648. The predicted octanol–water partition coefficient (Wildman–Crippen LogP) is 2.41. The summed E-state index contributed by atoms with van der Waals surface area (Å²) in [6.07, 6.45) is 2.75. The van der Waals surface area contributed by atoms with Gasteiger partial charge in [-0.05, 0) is 42.0 Å². The summed E-state index contributed by atoms with van der Waals surface area (Å²) in [5.74, 6) is 0.225. The zero-order valence-corrected chi connectivity index (χ0v) is 18.6. The number of rotatable bonds is 6. The summed E-state index contributed by atoms with van der Waals surface area (Å²) in [4.78, 5) is 47.1. The highest BCUT2D eigenvalue weighted by atomic mass is 79.9. The van der Waals surface area contributed by atoms with Crippen LogP contribution < -0.4 is 21.3 Å². The van der Waals surface area contributed by atoms with E-state index in [1.807, 2.05) is 0 Å². The predicted molar refractivity (Wildman–Crippen MR) is 123 cm³/mol. The largest absolute Gasteiger partial charge is 0.497 e. The average molecular weight is 496 g/mol. The van der Waals surface area contributed by atoms with Crippen LogP contribution in [0, 0.1) is 0 Å². The topological polar surface area (TPSA) is 108 Å². The molecule has 2 aromatic heterocycles. The SMILES string of the molecule is COc1ccc(Cn2c(=O)c3nccnc3n(CC(=O)Nc3ccc(Br)cc3)c2=O)cc1. The standard InChI is InChI=1S/C22H18BrN5O4/c1-32-17-8-2-14(3-9-17)12-28-21(30)19-20(25-11-10-24-19)27(22(28)31)13-18(29)26-16-6-4-15(23)5-7-16/h2-11H,12-13H2,1H3,(H,26,29). The second-order valence-corrected chi connectivity index (χ2v) is 7.81. The van der Waals surface area contributed by atoms with Crippen LogP contribution in [-0.2, 0) is 17.9 Å². The van der Waals surface area contributed by atoms with Crippen molar-refractivity contribution in [3.63, 3.8) is 0 Å². The number of nitrogens with one attached hydrogen (secondary N) is 1. The summed E-state index contributed by atoms with van der Waals surface area (Å²) in [5, 5.41) is 2.74. The first-order chi connectivity index (χ1) is 15.5. The van der Waals surface area contributed by atoms with Gasteiger partial charge in [-0.2, -0.15) is 0 Å². The molecule has 1 amide bonds. The number of halogens is 1. The number of anilines is 1. The maximum absolute atomic E-state index is 13.2. The molecule has 0 aliphatic rings. The molecule has 10 heteroatoms. The number of nitrogens with zero attached hydrogens (tertiary/aromatic N) is 4. The molecule has 0 fully saturated rings. The molecule has 0 saturated heterocycles. The van der Waals surface area contributed by atoms with E-state index in [9.17, 15) is 14.4 Å². The number of fused-ring (bicyclic) bond motifs is 1. The van der Waals surface area contributed by atoms with Crippen LogP contribution in [0.2, 0.25) is 0 Å². The number of amides is 1. The van der Waals surface area contributed by atoms with Crippen LogP contribution in [0.1, 0.15) is 5.56 Å². The van der Waals surface area contributed by atoms with Crippen molar-refractivity contribution in [2.24, 2.45) is 0 Å². The number of carbonyl (C=O) groups is 1. The molecule has 0 radical (unpaired) electrons. The molecule has 2 aromatic carbocycles. The summed E-state index contributed by atoms with van der Waals surface area (Å²) in [7, 11) is 1.56. The Labute approximate surface area is 190 Å². The van der Waals surface area contributed by atoms with Crippen LogP contribution in [0.4, 0.5) is 5.69 Å². The zero-order chi connectivity index (χ0) is 22.7. The Balaban J connectivity index is 1.72. The van der Waals surface area contributed by atoms with Gasteiger partial charge in [-0.1, -0.05) is 28.1 Å². The molecular weight excluding hydrogens is 478 g/mol. The van der Waals surface area contributed by atoms with Gasteiger partial charge in [0.1, 0.15) is 12.3 Å². The highest BCUT2D eigenvalue weighted by Crippen LogP contribution is 2.14. The first kappa shape index (κ1) is 21.4. The minimum Gasteiger partial charge on any atom is -0.497 e. The molecule has 0 aliphatic heterocycles. The van der Waals surface area contributed by atoms with E-state index < -0.39 is 17.2 Å². The molecule has 4 aromatic rings. The molecule has 162 valence electrons.